The van der Waals surface area contributed by atoms with Gasteiger partial charge in [0.25, 0.3) is 0 Å². The van der Waals surface area contributed by atoms with E-state index >= 15 is 0 Å². The van der Waals surface area contributed by atoms with E-state index in [9.17, 15) is 9.18 Å². The molecule has 0 bridgehead atoms. The normalized spacial score (nSPS) is 16.8. The molecule has 0 spiro atoms. The summed E-state index contributed by atoms with van der Waals surface area (Å²) in [6.07, 6.45) is 5.05. The van der Waals surface area contributed by atoms with E-state index in [0.717, 1.165) is 47.0 Å². The van der Waals surface area contributed by atoms with E-state index in [1.54, 1.807) is 6.07 Å². The monoisotopic (exact) mass is 340 g/mol. The first-order valence-electron chi connectivity index (χ1n) is 8.60. The second kappa shape index (κ2) is 6.02. The van der Waals surface area contributed by atoms with Gasteiger partial charge in [0, 0.05) is 34.9 Å². The highest BCUT2D eigenvalue weighted by molar-refractivity contribution is 5.90. The Morgan fingerprint density at radius 2 is 2.32 bits per heavy atom. The first kappa shape index (κ1) is 15.9. The number of H-pyrrole nitrogens is 1. The number of aryl methyl sites for hydroxylation is 2. The fraction of sp³-hybridized carbons (Fsp3) is 0.368. The Bertz CT molecular complexity index is 956. The standard InChI is InChI=1S/C19H21FN4O/c1-11-13(14-8-12(20)6-7-17(14)22-11)9-19(25)23-16-4-3-5-18-15(16)10-21-24(18)2/h6-8,10,16,22H,3-5,9H2,1-2H3,(H,23,25)/t16-/m1/s1. The Labute approximate surface area is 145 Å². The number of nitrogens with one attached hydrogen (secondary N) is 2. The molecule has 3 aromatic rings. The highest BCUT2D eigenvalue weighted by Gasteiger charge is 2.25. The third-order valence-electron chi connectivity index (χ3n) is 5.13. The van der Waals surface area contributed by atoms with Crippen molar-refractivity contribution in [2.24, 2.45) is 7.05 Å². The fourth-order valence-electron chi connectivity index (χ4n) is 3.84. The van der Waals surface area contributed by atoms with E-state index in [-0.39, 0.29) is 24.2 Å². The molecule has 2 aromatic heterocycles. The molecular formula is C19H21FN4O. The summed E-state index contributed by atoms with van der Waals surface area (Å²) in [5, 5.41) is 8.22. The van der Waals surface area contributed by atoms with Gasteiger partial charge in [-0.25, -0.2) is 4.39 Å². The Hall–Kier alpha value is -2.63. The molecule has 0 saturated carbocycles. The minimum Gasteiger partial charge on any atom is -0.358 e. The predicted octanol–water partition coefficient (Wildman–Crippen LogP) is 3.09. The lowest BCUT2D eigenvalue weighted by atomic mass is 9.92. The average Bonchev–Trinajstić information content (AvgIpc) is 3.10. The third kappa shape index (κ3) is 2.81. The smallest absolute Gasteiger partial charge is 0.224 e. The highest BCUT2D eigenvalue weighted by Crippen LogP contribution is 2.29. The molecule has 1 amide bonds. The van der Waals surface area contributed by atoms with Crippen molar-refractivity contribution in [2.75, 3.05) is 0 Å². The van der Waals surface area contributed by atoms with Crippen molar-refractivity contribution in [2.45, 2.75) is 38.6 Å². The van der Waals surface area contributed by atoms with E-state index in [1.165, 1.54) is 17.8 Å². The molecule has 1 atom stereocenters. The fourth-order valence-corrected chi connectivity index (χ4v) is 3.84. The molecule has 1 aromatic carbocycles. The number of amides is 1. The van der Waals surface area contributed by atoms with Crippen molar-refractivity contribution in [1.82, 2.24) is 20.1 Å². The maximum absolute atomic E-state index is 13.6. The predicted molar refractivity (Wildman–Crippen MR) is 93.7 cm³/mol. The summed E-state index contributed by atoms with van der Waals surface area (Å²) in [4.78, 5) is 15.9. The average molecular weight is 340 g/mol. The van der Waals surface area contributed by atoms with Gasteiger partial charge in [-0.2, -0.15) is 5.10 Å². The van der Waals surface area contributed by atoms with E-state index in [0.29, 0.717) is 0 Å². The topological polar surface area (TPSA) is 62.7 Å². The van der Waals surface area contributed by atoms with Gasteiger partial charge in [0.15, 0.2) is 0 Å². The van der Waals surface area contributed by atoms with Crippen LogP contribution in [0.1, 0.15) is 41.4 Å². The van der Waals surface area contributed by atoms with E-state index in [4.69, 9.17) is 0 Å². The van der Waals surface area contributed by atoms with Crippen molar-refractivity contribution in [3.8, 4) is 0 Å². The summed E-state index contributed by atoms with van der Waals surface area (Å²) in [5.74, 6) is -0.338. The van der Waals surface area contributed by atoms with Gasteiger partial charge in [0.1, 0.15) is 5.82 Å². The summed E-state index contributed by atoms with van der Waals surface area (Å²) in [6.45, 7) is 1.92. The second-order valence-corrected chi connectivity index (χ2v) is 6.78. The molecule has 0 radical (unpaired) electrons. The molecule has 2 N–H and O–H groups in total. The van der Waals surface area contributed by atoms with Gasteiger partial charge in [0.2, 0.25) is 5.91 Å². The van der Waals surface area contributed by atoms with Gasteiger partial charge in [-0.05, 0) is 49.9 Å². The molecule has 25 heavy (non-hydrogen) atoms. The minimum atomic E-state index is -0.291. The number of benzene rings is 1. The maximum Gasteiger partial charge on any atom is 0.224 e. The molecule has 0 saturated heterocycles. The number of rotatable bonds is 3. The lowest BCUT2D eigenvalue weighted by Gasteiger charge is -2.23. The molecule has 130 valence electrons. The van der Waals surface area contributed by atoms with Crippen LogP contribution in [0.3, 0.4) is 0 Å². The number of hydrogen-bond donors (Lipinski definition) is 2. The van der Waals surface area contributed by atoms with Crippen LogP contribution in [0.4, 0.5) is 4.39 Å². The number of fused-ring (bicyclic) bond motifs is 2. The van der Waals surface area contributed by atoms with Crippen molar-refractivity contribution >= 4 is 16.8 Å². The lowest BCUT2D eigenvalue weighted by molar-refractivity contribution is -0.121. The molecule has 0 aliphatic heterocycles. The number of aromatic nitrogens is 3. The number of aromatic amines is 1. The van der Waals surface area contributed by atoms with Crippen molar-refractivity contribution < 1.29 is 9.18 Å². The van der Waals surface area contributed by atoms with Crippen LogP contribution in [0.15, 0.2) is 24.4 Å². The largest absolute Gasteiger partial charge is 0.358 e. The van der Waals surface area contributed by atoms with Crippen LogP contribution in [-0.4, -0.2) is 20.7 Å². The quantitative estimate of drug-likeness (QED) is 0.770. The van der Waals surface area contributed by atoms with Gasteiger partial charge < -0.3 is 10.3 Å². The summed E-state index contributed by atoms with van der Waals surface area (Å²) in [6, 6.07) is 4.63. The summed E-state index contributed by atoms with van der Waals surface area (Å²) in [7, 11) is 1.94. The Morgan fingerprint density at radius 3 is 3.16 bits per heavy atom. The molecule has 2 heterocycles. The summed E-state index contributed by atoms with van der Waals surface area (Å²) in [5.41, 5.74) is 4.93. The van der Waals surface area contributed by atoms with E-state index in [2.05, 4.69) is 15.4 Å². The van der Waals surface area contributed by atoms with E-state index < -0.39 is 0 Å². The van der Waals surface area contributed by atoms with Crippen LogP contribution in [0, 0.1) is 12.7 Å². The molecule has 6 heteroatoms. The third-order valence-corrected chi connectivity index (χ3v) is 5.13. The van der Waals surface area contributed by atoms with Crippen LogP contribution in [-0.2, 0) is 24.7 Å². The van der Waals surface area contributed by atoms with Crippen molar-refractivity contribution in [1.29, 1.82) is 0 Å². The first-order chi connectivity index (χ1) is 12.0. The Kier molecular flexibility index (Phi) is 3.82. The van der Waals surface area contributed by atoms with Crippen LogP contribution in [0.5, 0.6) is 0 Å². The zero-order valence-electron chi connectivity index (χ0n) is 14.4. The number of halogens is 1. The highest BCUT2D eigenvalue weighted by atomic mass is 19.1. The van der Waals surface area contributed by atoms with Crippen LogP contribution in [0.2, 0.25) is 0 Å². The molecule has 5 nitrogen and oxygen atoms in total. The Morgan fingerprint density at radius 1 is 1.48 bits per heavy atom. The zero-order valence-corrected chi connectivity index (χ0v) is 14.4. The second-order valence-electron chi connectivity index (χ2n) is 6.78. The zero-order chi connectivity index (χ0) is 17.6. The lowest BCUT2D eigenvalue weighted by Crippen LogP contribution is -2.32. The molecular weight excluding hydrogens is 319 g/mol. The van der Waals surface area contributed by atoms with Crippen LogP contribution >= 0.6 is 0 Å². The van der Waals surface area contributed by atoms with Crippen LogP contribution < -0.4 is 5.32 Å². The summed E-state index contributed by atoms with van der Waals surface area (Å²) >= 11 is 0. The molecule has 1 aliphatic rings. The van der Waals surface area contributed by atoms with Gasteiger partial charge in [-0.3, -0.25) is 9.48 Å². The molecule has 4 rings (SSSR count). The van der Waals surface area contributed by atoms with Gasteiger partial charge >= 0.3 is 0 Å². The molecule has 1 aliphatic carbocycles. The molecule has 0 unspecified atom stereocenters. The van der Waals surface area contributed by atoms with Crippen molar-refractivity contribution in [3.05, 3.63) is 52.7 Å². The van der Waals surface area contributed by atoms with Gasteiger partial charge in [0.05, 0.1) is 18.7 Å². The number of carbonyl (C=O) groups is 1. The number of nitrogens with zero attached hydrogens (tertiary/aromatic N) is 2. The SMILES string of the molecule is Cc1[nH]c2ccc(F)cc2c1CC(=O)N[C@@H]1CCCc2c1cnn2C. The van der Waals surface area contributed by atoms with Gasteiger partial charge in [-0.1, -0.05) is 0 Å². The molecule has 0 fully saturated rings. The minimum absolute atomic E-state index is 0.00667. The maximum atomic E-state index is 13.6. The summed E-state index contributed by atoms with van der Waals surface area (Å²) < 4.78 is 15.5. The Balaban J connectivity index is 1.56. The van der Waals surface area contributed by atoms with Crippen LogP contribution in [0.25, 0.3) is 10.9 Å². The number of hydrogen-bond acceptors (Lipinski definition) is 2. The van der Waals surface area contributed by atoms with Crippen molar-refractivity contribution in [3.63, 3.8) is 0 Å². The number of carbonyl (C=O) groups excluding carboxylic acids is 1. The van der Waals surface area contributed by atoms with Gasteiger partial charge in [-0.15, -0.1) is 0 Å². The van der Waals surface area contributed by atoms with E-state index in [1.807, 2.05) is 24.9 Å². The first-order valence-corrected chi connectivity index (χ1v) is 8.60.